The van der Waals surface area contributed by atoms with E-state index in [-0.39, 0.29) is 0 Å². The zero-order valence-electron chi connectivity index (χ0n) is 38.9. The number of fused-ring (bicyclic) bond motifs is 8. The first-order chi connectivity index (χ1) is 35.7. The second-order valence-electron chi connectivity index (χ2n) is 18.3. The third-order valence-electron chi connectivity index (χ3n) is 13.9. The second kappa shape index (κ2) is 17.0. The summed E-state index contributed by atoms with van der Waals surface area (Å²) in [7, 11) is 0. The molecule has 0 amide bonds. The van der Waals surface area contributed by atoms with Crippen LogP contribution in [0, 0.1) is 0 Å². The van der Waals surface area contributed by atoms with E-state index in [1.807, 2.05) is 36.4 Å². The Morgan fingerprint density at radius 1 is 0.250 bits per heavy atom. The van der Waals surface area contributed by atoms with E-state index < -0.39 is 0 Å². The summed E-state index contributed by atoms with van der Waals surface area (Å²) in [5.41, 5.74) is 15.4. The molecule has 0 aliphatic rings. The molecule has 6 nitrogen and oxygen atoms in total. The van der Waals surface area contributed by atoms with E-state index >= 15 is 0 Å². The van der Waals surface area contributed by atoms with Gasteiger partial charge in [-0.25, -0.2) is 9.97 Å². The van der Waals surface area contributed by atoms with Gasteiger partial charge in [0.1, 0.15) is 0 Å². The smallest absolute Gasteiger partial charge is 0.238 e. The van der Waals surface area contributed by atoms with E-state index in [4.69, 9.17) is 19.9 Å². The predicted octanol–water partition coefficient (Wildman–Crippen LogP) is 16.6. The van der Waals surface area contributed by atoms with Gasteiger partial charge in [-0.15, -0.1) is 0 Å². The van der Waals surface area contributed by atoms with Crippen molar-refractivity contribution in [1.82, 2.24) is 29.1 Å². The Kier molecular flexibility index (Phi) is 9.74. The Morgan fingerprint density at radius 2 is 0.750 bits per heavy atom. The molecular formula is C66H42N6. The van der Waals surface area contributed by atoms with Gasteiger partial charge in [-0.3, -0.25) is 4.57 Å². The molecule has 0 unspecified atom stereocenters. The quantitative estimate of drug-likeness (QED) is 0.152. The van der Waals surface area contributed by atoms with Crippen LogP contribution in [0.5, 0.6) is 0 Å². The van der Waals surface area contributed by atoms with Gasteiger partial charge < -0.3 is 4.57 Å². The van der Waals surface area contributed by atoms with Crippen LogP contribution in [0.15, 0.2) is 255 Å². The van der Waals surface area contributed by atoms with Crippen molar-refractivity contribution < 1.29 is 0 Å². The fourth-order valence-corrected chi connectivity index (χ4v) is 10.5. The number of rotatable bonds is 8. The standard InChI is InChI=1S/C66H42N6/c1-4-18-43(19-5-1)51-40-52(48-35-34-44-20-10-11-25-47(44)38-48)42-53(41-51)71-60-32-14-12-28-54(60)56-36-37-57-55-29-13-15-33-61(55)72(63(57)62(56)71)66-69-64(46-23-8-3-9-24-46)68-65(70-66)50-27-16-26-49(39-50)59-31-17-30-58(67-59)45-21-6-2-7-22-45/h1-42H. The van der Waals surface area contributed by atoms with Gasteiger partial charge >= 0.3 is 0 Å². The third-order valence-corrected chi connectivity index (χ3v) is 13.9. The van der Waals surface area contributed by atoms with Crippen molar-refractivity contribution >= 4 is 54.4 Å². The molecule has 0 aliphatic heterocycles. The van der Waals surface area contributed by atoms with Crippen molar-refractivity contribution in [2.24, 2.45) is 0 Å². The summed E-state index contributed by atoms with van der Waals surface area (Å²) >= 11 is 0. The van der Waals surface area contributed by atoms with Gasteiger partial charge in [0, 0.05) is 49.5 Å². The summed E-state index contributed by atoms with van der Waals surface area (Å²) in [6.07, 6.45) is 0. The van der Waals surface area contributed by atoms with Crippen LogP contribution in [0.3, 0.4) is 0 Å². The molecule has 0 saturated heterocycles. The van der Waals surface area contributed by atoms with Gasteiger partial charge in [-0.05, 0) is 87.6 Å². The molecule has 0 N–H and O–H groups in total. The number of hydrogen-bond acceptors (Lipinski definition) is 4. The Bertz CT molecular complexity index is 4380. The molecule has 0 atom stereocenters. The minimum atomic E-state index is 0.527. The summed E-state index contributed by atoms with van der Waals surface area (Å²) < 4.78 is 4.72. The van der Waals surface area contributed by atoms with Crippen LogP contribution >= 0.6 is 0 Å². The molecule has 6 heteroatoms. The maximum atomic E-state index is 5.48. The number of para-hydroxylation sites is 2. The van der Waals surface area contributed by atoms with Crippen molar-refractivity contribution in [2.45, 2.75) is 0 Å². The van der Waals surface area contributed by atoms with Gasteiger partial charge in [0.05, 0.1) is 33.5 Å². The first-order valence-electron chi connectivity index (χ1n) is 24.3. The van der Waals surface area contributed by atoms with Gasteiger partial charge in [-0.2, -0.15) is 9.97 Å². The Labute approximate surface area is 415 Å². The molecule has 336 valence electrons. The highest BCUT2D eigenvalue weighted by molar-refractivity contribution is 6.23. The Hall–Kier alpha value is -9.78. The Morgan fingerprint density at radius 3 is 1.46 bits per heavy atom. The maximum Gasteiger partial charge on any atom is 0.238 e. The second-order valence-corrected chi connectivity index (χ2v) is 18.3. The van der Waals surface area contributed by atoms with Crippen molar-refractivity contribution in [2.75, 3.05) is 0 Å². The van der Waals surface area contributed by atoms with Gasteiger partial charge in [0.2, 0.25) is 5.95 Å². The fraction of sp³-hybridized carbons (Fsp3) is 0. The minimum absolute atomic E-state index is 0.527. The van der Waals surface area contributed by atoms with E-state index in [0.29, 0.717) is 17.6 Å². The molecule has 14 aromatic rings. The lowest BCUT2D eigenvalue weighted by atomic mass is 9.96. The van der Waals surface area contributed by atoms with E-state index in [9.17, 15) is 0 Å². The van der Waals surface area contributed by atoms with Crippen LogP contribution in [0.25, 0.3) is 134 Å². The van der Waals surface area contributed by atoms with Crippen LogP contribution in [0.2, 0.25) is 0 Å². The topological polar surface area (TPSA) is 61.4 Å². The summed E-state index contributed by atoms with van der Waals surface area (Å²) in [6.45, 7) is 0. The van der Waals surface area contributed by atoms with Crippen molar-refractivity contribution in [3.63, 3.8) is 0 Å². The van der Waals surface area contributed by atoms with Crippen LogP contribution in [0.4, 0.5) is 0 Å². The first-order valence-corrected chi connectivity index (χ1v) is 24.3. The molecule has 72 heavy (non-hydrogen) atoms. The molecule has 0 bridgehead atoms. The van der Waals surface area contributed by atoms with Crippen molar-refractivity contribution in [3.05, 3.63) is 255 Å². The number of aromatic nitrogens is 6. The molecule has 0 radical (unpaired) electrons. The molecule has 0 saturated carbocycles. The maximum absolute atomic E-state index is 5.48. The normalized spacial score (nSPS) is 11.6. The SMILES string of the molecule is c1ccc(-c2cc(-c3ccc4ccccc4c3)cc(-n3c4ccccc4c4ccc5c6ccccc6n(-c6nc(-c7ccccc7)nc(-c7cccc(-c8cccc(-c9ccccc9)n8)c7)n6)c5c43)c2)cc1. The minimum Gasteiger partial charge on any atom is -0.307 e. The Balaban J connectivity index is 1.04. The highest BCUT2D eigenvalue weighted by Crippen LogP contribution is 2.43. The molecule has 14 rings (SSSR count). The first kappa shape index (κ1) is 41.2. The lowest BCUT2D eigenvalue weighted by molar-refractivity contribution is 0.953. The zero-order valence-corrected chi connectivity index (χ0v) is 38.9. The molecular weight excluding hydrogens is 877 g/mol. The van der Waals surface area contributed by atoms with Gasteiger partial charge in [0.25, 0.3) is 0 Å². The number of hydrogen-bond donors (Lipinski definition) is 0. The number of nitrogens with zero attached hydrogens (tertiary/aromatic N) is 6. The average Bonchev–Trinajstić information content (AvgIpc) is 3.99. The molecule has 4 heterocycles. The summed E-state index contributed by atoms with van der Waals surface area (Å²) in [5, 5.41) is 6.92. The lowest BCUT2D eigenvalue weighted by Gasteiger charge is -2.16. The monoisotopic (exact) mass is 918 g/mol. The van der Waals surface area contributed by atoms with E-state index in [1.165, 1.54) is 10.8 Å². The van der Waals surface area contributed by atoms with Crippen LogP contribution in [-0.4, -0.2) is 29.1 Å². The van der Waals surface area contributed by atoms with Crippen LogP contribution < -0.4 is 0 Å². The van der Waals surface area contributed by atoms with Crippen molar-refractivity contribution in [3.8, 4) is 79.2 Å². The molecule has 0 spiro atoms. The average molecular weight is 919 g/mol. The third kappa shape index (κ3) is 7.04. The number of benzene rings is 10. The van der Waals surface area contributed by atoms with Gasteiger partial charge in [-0.1, -0.05) is 200 Å². The highest BCUT2D eigenvalue weighted by Gasteiger charge is 2.24. The van der Waals surface area contributed by atoms with Gasteiger partial charge in [0.15, 0.2) is 11.6 Å². The van der Waals surface area contributed by atoms with Crippen LogP contribution in [-0.2, 0) is 0 Å². The van der Waals surface area contributed by atoms with Crippen molar-refractivity contribution in [1.29, 1.82) is 0 Å². The van der Waals surface area contributed by atoms with E-state index in [2.05, 4.69) is 228 Å². The van der Waals surface area contributed by atoms with E-state index in [0.717, 1.165) is 105 Å². The lowest BCUT2D eigenvalue weighted by Crippen LogP contribution is -2.07. The van der Waals surface area contributed by atoms with E-state index in [1.54, 1.807) is 0 Å². The molecule has 4 aromatic heterocycles. The van der Waals surface area contributed by atoms with Crippen LogP contribution in [0.1, 0.15) is 0 Å². The largest absolute Gasteiger partial charge is 0.307 e. The molecule has 0 fully saturated rings. The highest BCUT2D eigenvalue weighted by atomic mass is 15.2. The summed E-state index contributed by atoms with van der Waals surface area (Å²) in [6, 6.07) is 90.0. The summed E-state index contributed by atoms with van der Waals surface area (Å²) in [5.74, 6) is 1.67. The molecule has 0 aliphatic carbocycles. The predicted molar refractivity (Wildman–Crippen MR) is 296 cm³/mol. The summed E-state index contributed by atoms with van der Waals surface area (Å²) in [4.78, 5) is 21.2. The fourth-order valence-electron chi connectivity index (χ4n) is 10.5. The molecule has 10 aromatic carbocycles. The number of pyridine rings is 1. The zero-order chi connectivity index (χ0) is 47.5.